The van der Waals surface area contributed by atoms with Gasteiger partial charge in [-0.15, -0.1) is 0 Å². The van der Waals surface area contributed by atoms with Crippen LogP contribution in [0.25, 0.3) is 11.0 Å². The van der Waals surface area contributed by atoms with Gasteiger partial charge in [0.2, 0.25) is 0 Å². The summed E-state index contributed by atoms with van der Waals surface area (Å²) in [6, 6.07) is 12.1. The Morgan fingerprint density at radius 2 is 1.82 bits per heavy atom. The smallest absolute Gasteiger partial charge is 0.349 e. The molecule has 180 valence electrons. The largest absolute Gasteiger partial charge is 0.493 e. The molecule has 8 heteroatoms. The molecule has 0 aliphatic rings. The van der Waals surface area contributed by atoms with Crippen LogP contribution in [0.2, 0.25) is 0 Å². The quantitative estimate of drug-likeness (QED) is 0.197. The predicted octanol–water partition coefficient (Wildman–Crippen LogP) is 3.94. The molecule has 0 aliphatic carbocycles. The van der Waals surface area contributed by atoms with Gasteiger partial charge in [0.1, 0.15) is 22.6 Å². The number of hydrogen-bond acceptors (Lipinski definition) is 7. The first-order valence-corrected chi connectivity index (χ1v) is 11.1. The number of esters is 1. The van der Waals surface area contributed by atoms with Crippen molar-refractivity contribution < 1.29 is 28.2 Å². The molecule has 2 aromatic carbocycles. The van der Waals surface area contributed by atoms with E-state index in [1.54, 1.807) is 19.2 Å². The Morgan fingerprint density at radius 3 is 2.62 bits per heavy atom. The van der Waals surface area contributed by atoms with Gasteiger partial charge in [-0.05, 0) is 62.1 Å². The van der Waals surface area contributed by atoms with Gasteiger partial charge in [0.25, 0.3) is 5.91 Å². The van der Waals surface area contributed by atoms with Gasteiger partial charge in [-0.3, -0.25) is 9.59 Å². The molecule has 1 amide bonds. The van der Waals surface area contributed by atoms with Gasteiger partial charge in [0.05, 0.1) is 6.61 Å². The zero-order chi connectivity index (χ0) is 24.5. The minimum atomic E-state index is -0.760. The number of methoxy groups -OCH3 is 1. The van der Waals surface area contributed by atoms with Gasteiger partial charge >= 0.3 is 11.6 Å². The van der Waals surface area contributed by atoms with Crippen molar-refractivity contribution in [2.75, 3.05) is 26.9 Å². The average Bonchev–Trinajstić information content (AvgIpc) is 2.81. The highest BCUT2D eigenvalue weighted by Crippen LogP contribution is 2.22. The van der Waals surface area contributed by atoms with Crippen LogP contribution >= 0.6 is 0 Å². The molecule has 8 nitrogen and oxygen atoms in total. The van der Waals surface area contributed by atoms with Crippen molar-refractivity contribution in [3.63, 3.8) is 0 Å². The maximum absolute atomic E-state index is 12.3. The van der Waals surface area contributed by atoms with Crippen LogP contribution in [-0.4, -0.2) is 38.7 Å². The van der Waals surface area contributed by atoms with E-state index in [1.165, 1.54) is 12.1 Å². The molecule has 0 aliphatic heterocycles. The molecule has 1 aromatic heterocycles. The zero-order valence-corrected chi connectivity index (χ0v) is 19.6. The lowest BCUT2D eigenvalue weighted by Crippen LogP contribution is -2.29. The third kappa shape index (κ3) is 6.92. The summed E-state index contributed by atoms with van der Waals surface area (Å²) >= 11 is 0. The molecule has 34 heavy (non-hydrogen) atoms. The highest BCUT2D eigenvalue weighted by Gasteiger charge is 2.14. The van der Waals surface area contributed by atoms with E-state index in [0.29, 0.717) is 38.0 Å². The lowest BCUT2D eigenvalue weighted by Gasteiger charge is -2.10. The Hall–Kier alpha value is -3.65. The van der Waals surface area contributed by atoms with Crippen molar-refractivity contribution in [2.45, 2.75) is 33.1 Å². The van der Waals surface area contributed by atoms with Gasteiger partial charge in [-0.1, -0.05) is 12.1 Å². The van der Waals surface area contributed by atoms with Crippen LogP contribution in [0.5, 0.6) is 11.5 Å². The van der Waals surface area contributed by atoms with E-state index >= 15 is 0 Å². The molecule has 0 unspecified atom stereocenters. The first-order chi connectivity index (χ1) is 16.4. The zero-order valence-electron chi connectivity index (χ0n) is 19.6. The fraction of sp³-hybridized carbons (Fsp3) is 0.346. The van der Waals surface area contributed by atoms with Gasteiger partial charge in [0.15, 0.2) is 0 Å². The lowest BCUT2D eigenvalue weighted by molar-refractivity contribution is -0.134. The molecule has 0 atom stereocenters. The maximum Gasteiger partial charge on any atom is 0.349 e. The first kappa shape index (κ1) is 25.0. The van der Waals surface area contributed by atoms with E-state index in [2.05, 4.69) is 5.32 Å². The van der Waals surface area contributed by atoms with E-state index in [4.69, 9.17) is 18.6 Å². The lowest BCUT2D eigenvalue weighted by atomic mass is 10.1. The topological polar surface area (TPSA) is 104 Å². The maximum atomic E-state index is 12.3. The summed E-state index contributed by atoms with van der Waals surface area (Å²) in [5.41, 5.74) is 1.53. The predicted molar refractivity (Wildman–Crippen MR) is 128 cm³/mol. The molecule has 0 radical (unpaired) electrons. The van der Waals surface area contributed by atoms with Crippen molar-refractivity contribution >= 4 is 22.8 Å². The van der Waals surface area contributed by atoms with Crippen LogP contribution in [0.1, 0.15) is 40.7 Å². The summed E-state index contributed by atoms with van der Waals surface area (Å²) in [6.45, 7) is 5.25. The number of hydrogen-bond donors (Lipinski definition) is 1. The Balaban J connectivity index is 1.54. The van der Waals surface area contributed by atoms with Crippen molar-refractivity contribution in [1.29, 1.82) is 0 Å². The third-order valence-corrected chi connectivity index (χ3v) is 5.12. The Bertz CT molecular complexity index is 1220. The fourth-order valence-corrected chi connectivity index (χ4v) is 3.27. The molecule has 3 aromatic rings. The molecular formula is C26H29NO7. The molecule has 1 N–H and O–H groups in total. The number of nitrogens with one attached hydrogen (secondary N) is 1. The number of ether oxygens (including phenoxy) is 3. The van der Waals surface area contributed by atoms with Crippen LogP contribution in [0.4, 0.5) is 0 Å². The summed E-state index contributed by atoms with van der Waals surface area (Å²) in [7, 11) is 1.58. The van der Waals surface area contributed by atoms with Crippen LogP contribution < -0.4 is 20.4 Å². The standard InChI is InChI=1S/C26H29NO7/c1-17-7-8-18(2)22(14-17)32-13-4-6-24(28)33-20-10-9-19-15-21(26(30)34-23(19)16-20)25(29)27-11-5-12-31-3/h7-10,14-16H,4-6,11-13H2,1-3H3,(H,27,29). The summed E-state index contributed by atoms with van der Waals surface area (Å²) in [5.74, 6) is 0.137. The van der Waals surface area contributed by atoms with Crippen molar-refractivity contribution in [3.05, 3.63) is 69.6 Å². The number of amides is 1. The fourth-order valence-electron chi connectivity index (χ4n) is 3.27. The van der Waals surface area contributed by atoms with Crippen LogP contribution in [0, 0.1) is 13.8 Å². The van der Waals surface area contributed by atoms with E-state index < -0.39 is 17.5 Å². The molecule has 3 rings (SSSR count). The summed E-state index contributed by atoms with van der Waals surface area (Å²) < 4.78 is 21.3. The first-order valence-electron chi connectivity index (χ1n) is 11.1. The number of carbonyl (C=O) groups excluding carboxylic acids is 2. The number of benzene rings is 2. The molecule has 0 fully saturated rings. The van der Waals surface area contributed by atoms with Crippen molar-refractivity contribution in [1.82, 2.24) is 5.32 Å². The molecule has 0 saturated carbocycles. The third-order valence-electron chi connectivity index (χ3n) is 5.12. The number of carbonyl (C=O) groups is 2. The second-order valence-electron chi connectivity index (χ2n) is 7.94. The van der Waals surface area contributed by atoms with Crippen molar-refractivity contribution in [3.8, 4) is 11.5 Å². The molecule has 0 saturated heterocycles. The number of aryl methyl sites for hydroxylation is 2. The average molecular weight is 468 g/mol. The molecular weight excluding hydrogens is 438 g/mol. The van der Waals surface area contributed by atoms with E-state index in [1.807, 2.05) is 32.0 Å². The van der Waals surface area contributed by atoms with Crippen LogP contribution in [0.3, 0.4) is 0 Å². The number of rotatable bonds is 11. The Kier molecular flexibility index (Phi) is 8.81. The monoisotopic (exact) mass is 467 g/mol. The van der Waals surface area contributed by atoms with Gasteiger partial charge in [-0.25, -0.2) is 4.79 Å². The van der Waals surface area contributed by atoms with Crippen LogP contribution in [0.15, 0.2) is 51.7 Å². The SMILES string of the molecule is COCCCNC(=O)c1cc2ccc(OC(=O)CCCOc3cc(C)ccc3C)cc2oc1=O. The summed E-state index contributed by atoms with van der Waals surface area (Å²) in [5, 5.41) is 3.20. The van der Waals surface area contributed by atoms with E-state index in [0.717, 1.165) is 16.9 Å². The minimum Gasteiger partial charge on any atom is -0.493 e. The highest BCUT2D eigenvalue weighted by atomic mass is 16.5. The molecule has 0 bridgehead atoms. The van der Waals surface area contributed by atoms with Gasteiger partial charge < -0.3 is 23.9 Å². The Labute approximate surface area is 197 Å². The summed E-state index contributed by atoms with van der Waals surface area (Å²) in [6.07, 6.45) is 1.31. The van der Waals surface area contributed by atoms with Crippen LogP contribution in [-0.2, 0) is 9.53 Å². The Morgan fingerprint density at radius 1 is 1.00 bits per heavy atom. The van der Waals surface area contributed by atoms with Crippen molar-refractivity contribution in [2.24, 2.45) is 0 Å². The highest BCUT2D eigenvalue weighted by molar-refractivity contribution is 5.96. The normalized spacial score (nSPS) is 10.8. The second kappa shape index (κ2) is 12.0. The van der Waals surface area contributed by atoms with E-state index in [9.17, 15) is 14.4 Å². The van der Waals surface area contributed by atoms with Gasteiger partial charge in [0, 0.05) is 38.1 Å². The van der Waals surface area contributed by atoms with E-state index in [-0.39, 0.29) is 23.3 Å². The summed E-state index contributed by atoms with van der Waals surface area (Å²) in [4.78, 5) is 36.7. The molecule has 0 spiro atoms. The molecule has 1 heterocycles. The second-order valence-corrected chi connectivity index (χ2v) is 7.94. The van der Waals surface area contributed by atoms with Gasteiger partial charge in [-0.2, -0.15) is 0 Å². The minimum absolute atomic E-state index is 0.0847. The number of fused-ring (bicyclic) bond motifs is 1.